The Morgan fingerprint density at radius 2 is 2.19 bits per heavy atom. The Kier molecular flexibility index (Phi) is 2.75. The zero-order valence-corrected chi connectivity index (χ0v) is 8.81. The van der Waals surface area contributed by atoms with Gasteiger partial charge in [-0.2, -0.15) is 5.26 Å². The van der Waals surface area contributed by atoms with E-state index in [0.717, 1.165) is 5.70 Å². The first-order chi connectivity index (χ1) is 7.72. The Bertz CT molecular complexity index is 463. The minimum Gasteiger partial charge on any atom is -0.295 e. The van der Waals surface area contributed by atoms with E-state index in [1.807, 2.05) is 0 Å². The smallest absolute Gasteiger partial charge is 0.148 e. The molecule has 1 heterocycles. The Morgan fingerprint density at radius 1 is 1.44 bits per heavy atom. The van der Waals surface area contributed by atoms with E-state index < -0.39 is 0 Å². The van der Waals surface area contributed by atoms with Crippen molar-refractivity contribution in [3.8, 4) is 6.07 Å². The van der Waals surface area contributed by atoms with Gasteiger partial charge in [-0.3, -0.25) is 10.0 Å². The minimum absolute atomic E-state index is 0.286. The first kappa shape index (κ1) is 10.5. The second kappa shape index (κ2) is 4.21. The van der Waals surface area contributed by atoms with E-state index in [-0.39, 0.29) is 12.2 Å². The molecule has 0 atom stereocenters. The Hall–Kier alpha value is -2.06. The van der Waals surface area contributed by atoms with Crippen molar-refractivity contribution >= 4 is 5.69 Å². The third-order valence-corrected chi connectivity index (χ3v) is 2.34. The summed E-state index contributed by atoms with van der Waals surface area (Å²) in [6.07, 6.45) is 2.00. The highest BCUT2D eigenvalue weighted by Crippen LogP contribution is 2.22. The van der Waals surface area contributed by atoms with Gasteiger partial charge in [0, 0.05) is 13.2 Å². The number of nitrogens with one attached hydrogen (secondary N) is 1. The highest BCUT2D eigenvalue weighted by Gasteiger charge is 2.19. The normalized spacial score (nSPS) is 14.9. The van der Waals surface area contributed by atoms with Crippen molar-refractivity contribution in [1.29, 1.82) is 5.26 Å². The molecule has 1 N–H and O–H groups in total. The highest BCUT2D eigenvalue weighted by atomic mass is 19.1. The molecule has 1 aliphatic heterocycles. The van der Waals surface area contributed by atoms with E-state index in [4.69, 9.17) is 5.26 Å². The van der Waals surface area contributed by atoms with E-state index in [2.05, 4.69) is 11.6 Å². The number of anilines is 1. The summed E-state index contributed by atoms with van der Waals surface area (Å²) in [5.74, 6) is -0.308. The van der Waals surface area contributed by atoms with Crippen molar-refractivity contribution in [2.45, 2.75) is 6.42 Å². The van der Waals surface area contributed by atoms with Gasteiger partial charge in [-0.15, -0.1) is 5.53 Å². The van der Waals surface area contributed by atoms with Crippen molar-refractivity contribution in [3.05, 3.63) is 42.0 Å². The number of para-hydroxylation sites is 1. The maximum absolute atomic E-state index is 13.5. The van der Waals surface area contributed by atoms with E-state index >= 15 is 0 Å². The molecule has 1 aromatic carbocycles. The van der Waals surface area contributed by atoms with Crippen molar-refractivity contribution < 1.29 is 4.39 Å². The molecule has 0 unspecified atom stereocenters. The van der Waals surface area contributed by atoms with E-state index in [1.54, 1.807) is 41.5 Å². The number of nitrogens with zero attached hydrogens (tertiary/aromatic N) is 3. The monoisotopic (exact) mass is 218 g/mol. The third kappa shape index (κ3) is 1.83. The fourth-order valence-corrected chi connectivity index (χ4v) is 1.51. The van der Waals surface area contributed by atoms with Gasteiger partial charge in [-0.05, 0) is 12.1 Å². The molecule has 0 saturated heterocycles. The zero-order valence-electron chi connectivity index (χ0n) is 8.81. The van der Waals surface area contributed by atoms with Gasteiger partial charge >= 0.3 is 0 Å². The Balaban J connectivity index is 2.26. The van der Waals surface area contributed by atoms with Crippen LogP contribution in [0.5, 0.6) is 0 Å². The molecule has 1 aliphatic rings. The molecule has 0 spiro atoms. The molecule has 0 fully saturated rings. The summed E-state index contributed by atoms with van der Waals surface area (Å²) in [5, 5.41) is 11.9. The zero-order chi connectivity index (χ0) is 11.5. The average Bonchev–Trinajstić information content (AvgIpc) is 2.61. The molecule has 1 aromatic rings. The van der Waals surface area contributed by atoms with Gasteiger partial charge in [-0.25, -0.2) is 4.39 Å². The maximum atomic E-state index is 13.5. The van der Waals surface area contributed by atoms with Gasteiger partial charge in [0.15, 0.2) is 0 Å². The summed E-state index contributed by atoms with van der Waals surface area (Å²) >= 11 is 0. The number of halogens is 1. The first-order valence-corrected chi connectivity index (χ1v) is 4.84. The quantitative estimate of drug-likeness (QED) is 0.821. The van der Waals surface area contributed by atoms with Crippen LogP contribution >= 0.6 is 0 Å². The summed E-state index contributed by atoms with van der Waals surface area (Å²) in [6.45, 7) is 0. The van der Waals surface area contributed by atoms with Crippen molar-refractivity contribution in [1.82, 2.24) is 10.5 Å². The van der Waals surface area contributed by atoms with Crippen LogP contribution in [0, 0.1) is 17.1 Å². The molecule has 16 heavy (non-hydrogen) atoms. The lowest BCUT2D eigenvalue weighted by Crippen LogP contribution is -2.38. The van der Waals surface area contributed by atoms with Crippen LogP contribution in [-0.2, 0) is 0 Å². The van der Waals surface area contributed by atoms with Gasteiger partial charge in [0.05, 0.1) is 23.9 Å². The highest BCUT2D eigenvalue weighted by molar-refractivity contribution is 5.50. The number of nitriles is 1. The number of hydrazine groups is 2. The molecular formula is C11H11FN4. The average molecular weight is 218 g/mol. The molecular weight excluding hydrogens is 207 g/mol. The molecule has 0 aliphatic carbocycles. The third-order valence-electron chi connectivity index (χ3n) is 2.34. The Labute approximate surface area is 93.1 Å². The van der Waals surface area contributed by atoms with Crippen LogP contribution in [0.15, 0.2) is 36.2 Å². The van der Waals surface area contributed by atoms with Gasteiger partial charge < -0.3 is 0 Å². The molecule has 0 aromatic heterocycles. The number of allylic oxidation sites excluding steroid dienone is 1. The van der Waals surface area contributed by atoms with Crippen LogP contribution in [0.2, 0.25) is 0 Å². The fraction of sp³-hybridized carbons (Fsp3) is 0.182. The lowest BCUT2D eigenvalue weighted by atomic mass is 10.3. The molecule has 0 saturated carbocycles. The number of rotatable bonds is 2. The first-order valence-electron chi connectivity index (χ1n) is 4.84. The molecule has 0 radical (unpaired) electrons. The number of benzene rings is 1. The van der Waals surface area contributed by atoms with Crippen molar-refractivity contribution in [3.63, 3.8) is 0 Å². The summed E-state index contributed by atoms with van der Waals surface area (Å²) in [6, 6.07) is 8.52. The predicted octanol–water partition coefficient (Wildman–Crippen LogP) is 1.75. The second-order valence-electron chi connectivity index (χ2n) is 3.44. The van der Waals surface area contributed by atoms with Gasteiger partial charge in [-0.1, -0.05) is 12.1 Å². The topological polar surface area (TPSA) is 42.3 Å². The summed E-state index contributed by atoms with van der Waals surface area (Å²) in [5.41, 5.74) is 4.16. The summed E-state index contributed by atoms with van der Waals surface area (Å²) in [4.78, 5) is 0. The van der Waals surface area contributed by atoms with Crippen LogP contribution in [0.1, 0.15) is 6.42 Å². The van der Waals surface area contributed by atoms with E-state index in [1.165, 1.54) is 6.07 Å². The van der Waals surface area contributed by atoms with Crippen LogP contribution < -0.4 is 10.5 Å². The lowest BCUT2D eigenvalue weighted by Gasteiger charge is -2.20. The van der Waals surface area contributed by atoms with Crippen molar-refractivity contribution in [2.24, 2.45) is 0 Å². The molecule has 5 heteroatoms. The molecule has 2 rings (SSSR count). The molecule has 0 amide bonds. The Morgan fingerprint density at radius 3 is 2.88 bits per heavy atom. The largest absolute Gasteiger partial charge is 0.295 e. The van der Waals surface area contributed by atoms with Crippen LogP contribution in [0.3, 0.4) is 0 Å². The molecule has 4 nitrogen and oxygen atoms in total. The van der Waals surface area contributed by atoms with E-state index in [0.29, 0.717) is 5.69 Å². The van der Waals surface area contributed by atoms with Crippen molar-refractivity contribution in [2.75, 3.05) is 12.1 Å². The summed E-state index contributed by atoms with van der Waals surface area (Å²) < 4.78 is 13.5. The minimum atomic E-state index is -0.308. The lowest BCUT2D eigenvalue weighted by molar-refractivity contribution is 0.327. The van der Waals surface area contributed by atoms with Gasteiger partial charge in [0.1, 0.15) is 5.82 Å². The molecule has 82 valence electrons. The maximum Gasteiger partial charge on any atom is 0.148 e. The van der Waals surface area contributed by atoms with Gasteiger partial charge in [0.25, 0.3) is 0 Å². The van der Waals surface area contributed by atoms with Crippen LogP contribution in [-0.4, -0.2) is 12.1 Å². The fourth-order valence-electron chi connectivity index (χ4n) is 1.51. The van der Waals surface area contributed by atoms with E-state index in [9.17, 15) is 4.39 Å². The second-order valence-corrected chi connectivity index (χ2v) is 3.44. The number of hydrogen-bond acceptors (Lipinski definition) is 4. The van der Waals surface area contributed by atoms with Gasteiger partial charge in [0.2, 0.25) is 0 Å². The predicted molar refractivity (Wildman–Crippen MR) is 58.1 cm³/mol. The van der Waals surface area contributed by atoms with Crippen LogP contribution in [0.25, 0.3) is 0 Å². The van der Waals surface area contributed by atoms with Crippen LogP contribution in [0.4, 0.5) is 10.1 Å². The SMILES string of the molecule is CN1NN(c2ccccc2F)C=C1CC#N. The standard InChI is InChI=1S/C11H11FN4/c1-15-9(6-7-13)8-16(14-15)11-5-3-2-4-10(11)12/h2-5,8,14H,6H2,1H3. The number of hydrogen-bond donors (Lipinski definition) is 1. The summed E-state index contributed by atoms with van der Waals surface area (Å²) in [7, 11) is 1.78. The molecule has 0 bridgehead atoms.